The van der Waals surface area contributed by atoms with Gasteiger partial charge in [-0.3, -0.25) is 20.2 Å². The summed E-state index contributed by atoms with van der Waals surface area (Å²) in [6, 6.07) is -1.93. The van der Waals surface area contributed by atoms with Crippen molar-refractivity contribution in [3.63, 3.8) is 0 Å². The molecule has 0 aromatic heterocycles. The van der Waals surface area contributed by atoms with E-state index in [-0.39, 0.29) is 0 Å². The SMILES string of the molecule is O=[N+]([O-])C1CCCC([N+](=O)[O-])C1Cl. The van der Waals surface area contributed by atoms with Gasteiger partial charge in [-0.25, -0.2) is 0 Å². The van der Waals surface area contributed by atoms with Gasteiger partial charge >= 0.3 is 0 Å². The predicted molar refractivity (Wildman–Crippen MR) is 45.1 cm³/mol. The van der Waals surface area contributed by atoms with E-state index in [9.17, 15) is 20.2 Å². The van der Waals surface area contributed by atoms with Crippen LogP contribution in [0, 0.1) is 20.2 Å². The lowest BCUT2D eigenvalue weighted by atomic mass is 9.91. The normalized spacial score (nSPS) is 34.1. The third kappa shape index (κ3) is 2.06. The predicted octanol–water partition coefficient (Wildman–Crippen LogP) is 1.07. The number of rotatable bonds is 2. The largest absolute Gasteiger partial charge is 0.264 e. The van der Waals surface area contributed by atoms with Crippen LogP contribution in [0.1, 0.15) is 19.3 Å². The second-order valence-electron chi connectivity index (χ2n) is 3.08. The molecule has 13 heavy (non-hydrogen) atoms. The number of halogens is 1. The first-order valence-corrected chi connectivity index (χ1v) is 4.38. The van der Waals surface area contributed by atoms with Crippen LogP contribution in [0.15, 0.2) is 0 Å². The Morgan fingerprint density at radius 1 is 1.08 bits per heavy atom. The number of nitrogens with zero attached hydrogens (tertiary/aromatic N) is 2. The molecule has 0 heterocycles. The van der Waals surface area contributed by atoms with Gasteiger partial charge in [-0.2, -0.15) is 0 Å². The van der Waals surface area contributed by atoms with Crippen LogP contribution >= 0.6 is 11.6 Å². The summed E-state index contributed by atoms with van der Waals surface area (Å²) in [5.74, 6) is 0. The summed E-state index contributed by atoms with van der Waals surface area (Å²) >= 11 is 5.66. The smallest absolute Gasteiger partial charge is 0.236 e. The highest BCUT2D eigenvalue weighted by molar-refractivity contribution is 6.21. The van der Waals surface area contributed by atoms with Gasteiger partial charge in [-0.05, 0) is 6.42 Å². The van der Waals surface area contributed by atoms with E-state index in [2.05, 4.69) is 0 Å². The molecule has 6 nitrogen and oxygen atoms in total. The van der Waals surface area contributed by atoms with Crippen molar-refractivity contribution in [2.45, 2.75) is 36.7 Å². The molecule has 0 saturated heterocycles. The van der Waals surface area contributed by atoms with Gasteiger partial charge in [0.15, 0.2) is 5.38 Å². The van der Waals surface area contributed by atoms with Gasteiger partial charge in [0, 0.05) is 22.7 Å². The van der Waals surface area contributed by atoms with Crippen LogP contribution in [0.3, 0.4) is 0 Å². The quantitative estimate of drug-likeness (QED) is 0.386. The Hall–Kier alpha value is -0.910. The molecule has 0 aromatic carbocycles. The van der Waals surface area contributed by atoms with Crippen LogP contribution in [-0.2, 0) is 0 Å². The third-order valence-corrected chi connectivity index (χ3v) is 2.86. The molecule has 1 aliphatic carbocycles. The average molecular weight is 209 g/mol. The van der Waals surface area contributed by atoms with Crippen LogP contribution in [-0.4, -0.2) is 27.3 Å². The second-order valence-corrected chi connectivity index (χ2v) is 3.58. The first-order chi connectivity index (χ1) is 6.04. The first-order valence-electron chi connectivity index (χ1n) is 3.95. The van der Waals surface area contributed by atoms with Crippen LogP contribution in [0.2, 0.25) is 0 Å². The molecule has 2 atom stereocenters. The van der Waals surface area contributed by atoms with Gasteiger partial charge in [-0.1, -0.05) is 0 Å². The summed E-state index contributed by atoms with van der Waals surface area (Å²) in [5.41, 5.74) is 0. The number of alkyl halides is 1. The Kier molecular flexibility index (Phi) is 3.02. The van der Waals surface area contributed by atoms with Gasteiger partial charge < -0.3 is 0 Å². The second kappa shape index (κ2) is 3.87. The highest BCUT2D eigenvalue weighted by atomic mass is 35.5. The zero-order chi connectivity index (χ0) is 10.0. The minimum atomic E-state index is -0.973. The Morgan fingerprint density at radius 2 is 1.46 bits per heavy atom. The van der Waals surface area contributed by atoms with Crippen molar-refractivity contribution in [1.82, 2.24) is 0 Å². The monoisotopic (exact) mass is 208 g/mol. The lowest BCUT2D eigenvalue weighted by Gasteiger charge is -2.23. The molecule has 0 aliphatic heterocycles. The zero-order valence-electron chi connectivity index (χ0n) is 6.76. The summed E-state index contributed by atoms with van der Waals surface area (Å²) in [4.78, 5) is 19.8. The number of nitro groups is 2. The van der Waals surface area contributed by atoms with Crippen LogP contribution in [0.25, 0.3) is 0 Å². The van der Waals surface area contributed by atoms with Gasteiger partial charge in [0.25, 0.3) is 0 Å². The maximum Gasteiger partial charge on any atom is 0.236 e. The van der Waals surface area contributed by atoms with Gasteiger partial charge in [0.2, 0.25) is 12.1 Å². The molecule has 1 saturated carbocycles. The number of hydrogen-bond donors (Lipinski definition) is 0. The molecule has 1 aliphatic rings. The molecule has 0 aromatic rings. The van der Waals surface area contributed by atoms with E-state index in [1.165, 1.54) is 0 Å². The highest BCUT2D eigenvalue weighted by Gasteiger charge is 2.45. The third-order valence-electron chi connectivity index (χ3n) is 2.28. The molecule has 0 radical (unpaired) electrons. The van der Waals surface area contributed by atoms with Gasteiger partial charge in [-0.15, -0.1) is 11.6 Å². The van der Waals surface area contributed by atoms with Crippen molar-refractivity contribution in [3.8, 4) is 0 Å². The van der Waals surface area contributed by atoms with E-state index in [1.54, 1.807) is 0 Å². The van der Waals surface area contributed by atoms with Crippen molar-refractivity contribution < 1.29 is 9.85 Å². The summed E-state index contributed by atoms with van der Waals surface area (Å²) in [7, 11) is 0. The van der Waals surface area contributed by atoms with E-state index < -0.39 is 27.3 Å². The van der Waals surface area contributed by atoms with E-state index in [0.717, 1.165) is 0 Å². The Bertz CT molecular complexity index is 213. The van der Waals surface area contributed by atoms with E-state index in [4.69, 9.17) is 11.6 Å². The summed E-state index contributed by atoms with van der Waals surface area (Å²) in [6.45, 7) is 0. The van der Waals surface area contributed by atoms with Crippen molar-refractivity contribution >= 4 is 11.6 Å². The number of hydrogen-bond acceptors (Lipinski definition) is 4. The molecular formula is C6H9ClN2O4. The molecule has 1 fully saturated rings. The fraction of sp³-hybridized carbons (Fsp3) is 1.00. The molecule has 7 heteroatoms. The fourth-order valence-electron chi connectivity index (χ4n) is 1.55. The van der Waals surface area contributed by atoms with E-state index >= 15 is 0 Å². The Labute approximate surface area is 79.2 Å². The molecule has 0 spiro atoms. The molecular weight excluding hydrogens is 200 g/mol. The van der Waals surface area contributed by atoms with E-state index in [1.807, 2.05) is 0 Å². The maximum absolute atomic E-state index is 10.4. The van der Waals surface area contributed by atoms with Crippen molar-refractivity contribution in [3.05, 3.63) is 20.2 Å². The maximum atomic E-state index is 10.4. The molecule has 74 valence electrons. The van der Waals surface area contributed by atoms with Crippen molar-refractivity contribution in [2.75, 3.05) is 0 Å². The van der Waals surface area contributed by atoms with Crippen LogP contribution in [0.4, 0.5) is 0 Å². The molecule has 0 bridgehead atoms. The van der Waals surface area contributed by atoms with Crippen LogP contribution < -0.4 is 0 Å². The fourth-order valence-corrected chi connectivity index (χ4v) is 1.99. The Balaban J connectivity index is 2.71. The summed E-state index contributed by atoms with van der Waals surface area (Å²) in [6.07, 6.45) is 1.18. The first kappa shape index (κ1) is 10.2. The molecule has 0 amide bonds. The molecule has 2 unspecified atom stereocenters. The minimum absolute atomic E-state index is 0.339. The topological polar surface area (TPSA) is 86.3 Å². The Morgan fingerprint density at radius 3 is 1.77 bits per heavy atom. The summed E-state index contributed by atoms with van der Waals surface area (Å²) < 4.78 is 0. The van der Waals surface area contributed by atoms with Gasteiger partial charge in [0.1, 0.15) is 0 Å². The van der Waals surface area contributed by atoms with Crippen molar-refractivity contribution in [2.24, 2.45) is 0 Å². The van der Waals surface area contributed by atoms with Gasteiger partial charge in [0.05, 0.1) is 0 Å². The lowest BCUT2D eigenvalue weighted by Crippen LogP contribution is -2.45. The summed E-state index contributed by atoms with van der Waals surface area (Å²) in [5, 5.41) is 19.9. The average Bonchev–Trinajstić information content (AvgIpc) is 2.03. The lowest BCUT2D eigenvalue weighted by molar-refractivity contribution is -0.565. The minimum Gasteiger partial charge on any atom is -0.264 e. The highest BCUT2D eigenvalue weighted by Crippen LogP contribution is 2.27. The van der Waals surface area contributed by atoms with E-state index in [0.29, 0.717) is 19.3 Å². The standard InChI is InChI=1S/C6H9ClN2O4/c7-6-4(8(10)11)2-1-3-5(6)9(12)13/h4-6H,1-3H2. The molecule has 1 rings (SSSR count). The van der Waals surface area contributed by atoms with Crippen molar-refractivity contribution in [1.29, 1.82) is 0 Å². The zero-order valence-corrected chi connectivity index (χ0v) is 7.51. The van der Waals surface area contributed by atoms with Crippen LogP contribution in [0.5, 0.6) is 0 Å². The molecule has 0 N–H and O–H groups in total.